The molecule has 0 aliphatic rings. The van der Waals surface area contributed by atoms with Crippen molar-refractivity contribution in [1.82, 2.24) is 0 Å². The van der Waals surface area contributed by atoms with E-state index < -0.39 is 0 Å². The number of carbonyl (C=O) groups excluding carboxylic acids is 1. The number of benzene rings is 1. The molecule has 0 atom stereocenters. The minimum atomic E-state index is -0.283. The summed E-state index contributed by atoms with van der Waals surface area (Å²) in [6.45, 7) is 4.06. The Kier molecular flexibility index (Phi) is 4.18. The quantitative estimate of drug-likeness (QED) is 0.731. The van der Waals surface area contributed by atoms with Gasteiger partial charge in [-0.05, 0) is 41.1 Å². The van der Waals surface area contributed by atoms with Gasteiger partial charge in [-0.1, -0.05) is 37.6 Å². The van der Waals surface area contributed by atoms with Crippen LogP contribution in [0.4, 0.5) is 0 Å². The van der Waals surface area contributed by atoms with E-state index in [1.54, 1.807) is 0 Å². The van der Waals surface area contributed by atoms with Crippen molar-refractivity contribution in [3.8, 4) is 0 Å². The summed E-state index contributed by atoms with van der Waals surface area (Å²) in [5.41, 5.74) is 1.06. The van der Waals surface area contributed by atoms with Crippen LogP contribution in [-0.2, 0) is 11.2 Å². The molecule has 0 aliphatic carbocycles. The lowest BCUT2D eigenvalue weighted by Crippen LogP contribution is -2.17. The first-order valence-electron chi connectivity index (χ1n) is 4.82. The maximum absolute atomic E-state index is 10.8. The molecule has 82 valence electrons. The van der Waals surface area contributed by atoms with Crippen LogP contribution in [0.25, 0.3) is 0 Å². The van der Waals surface area contributed by atoms with Crippen molar-refractivity contribution in [2.75, 3.05) is 0 Å². The van der Waals surface area contributed by atoms with Crippen molar-refractivity contribution < 1.29 is 4.79 Å². The monoisotopic (exact) mass is 244 g/mol. The van der Waals surface area contributed by atoms with Gasteiger partial charge in [0.25, 0.3) is 0 Å². The summed E-state index contributed by atoms with van der Waals surface area (Å²) >= 11 is 11.2. The molecule has 0 spiro atoms. The molecule has 1 rings (SSSR count). The zero-order valence-corrected chi connectivity index (χ0v) is 10.4. The second-order valence-electron chi connectivity index (χ2n) is 4.50. The van der Waals surface area contributed by atoms with Crippen molar-refractivity contribution in [2.45, 2.75) is 26.7 Å². The number of hydrogen-bond donors (Lipinski definition) is 0. The fourth-order valence-electron chi connectivity index (χ4n) is 1.59. The molecule has 15 heavy (non-hydrogen) atoms. The minimum Gasteiger partial charge on any atom is -0.281 e. The molecule has 0 N–H and O–H groups in total. The maximum atomic E-state index is 10.8. The first-order valence-corrected chi connectivity index (χ1v) is 5.57. The van der Waals surface area contributed by atoms with Crippen LogP contribution >= 0.6 is 23.2 Å². The van der Waals surface area contributed by atoms with Gasteiger partial charge in [-0.3, -0.25) is 4.79 Å². The molecule has 0 saturated carbocycles. The Morgan fingerprint density at radius 1 is 1.27 bits per heavy atom. The highest BCUT2D eigenvalue weighted by atomic mass is 35.5. The van der Waals surface area contributed by atoms with Crippen molar-refractivity contribution in [1.29, 1.82) is 0 Å². The Morgan fingerprint density at radius 3 is 2.27 bits per heavy atom. The molecule has 0 heterocycles. The predicted octanol–water partition coefficient (Wildman–Crippen LogP) is 4.06. The van der Waals surface area contributed by atoms with Crippen LogP contribution in [0.2, 0.25) is 5.02 Å². The molecule has 0 amide bonds. The third-order valence-corrected chi connectivity index (χ3v) is 2.60. The van der Waals surface area contributed by atoms with Gasteiger partial charge in [0.2, 0.25) is 5.24 Å². The van der Waals surface area contributed by atoms with Gasteiger partial charge in [0.1, 0.15) is 0 Å². The van der Waals surface area contributed by atoms with Crippen LogP contribution < -0.4 is 0 Å². The van der Waals surface area contributed by atoms with E-state index in [-0.39, 0.29) is 10.7 Å². The van der Waals surface area contributed by atoms with Gasteiger partial charge >= 0.3 is 0 Å². The van der Waals surface area contributed by atoms with Crippen LogP contribution in [0.5, 0.6) is 0 Å². The lowest BCUT2D eigenvalue weighted by Gasteiger charge is -2.22. The van der Waals surface area contributed by atoms with Gasteiger partial charge < -0.3 is 0 Å². The lowest BCUT2D eigenvalue weighted by molar-refractivity contribution is -0.113. The van der Waals surface area contributed by atoms with E-state index in [0.717, 1.165) is 11.4 Å². The number of rotatable bonds is 4. The summed E-state index contributed by atoms with van der Waals surface area (Å²) in [5, 5.41) is 0.443. The van der Waals surface area contributed by atoms with E-state index in [4.69, 9.17) is 23.2 Å². The molecule has 0 aliphatic heterocycles. The fourth-order valence-corrected chi connectivity index (χ4v) is 2.08. The standard InChI is InChI=1S/C12H14Cl2O/c1-12(2,8-11(14)15)7-9-3-5-10(13)6-4-9/h3-6H,7-8H2,1-2H3. The van der Waals surface area contributed by atoms with Crippen molar-refractivity contribution in [3.05, 3.63) is 34.9 Å². The van der Waals surface area contributed by atoms with Gasteiger partial charge in [-0.15, -0.1) is 0 Å². The number of hydrogen-bond acceptors (Lipinski definition) is 1. The van der Waals surface area contributed by atoms with E-state index >= 15 is 0 Å². The van der Waals surface area contributed by atoms with Crippen LogP contribution in [0.1, 0.15) is 25.8 Å². The van der Waals surface area contributed by atoms with E-state index in [0.29, 0.717) is 6.42 Å². The Morgan fingerprint density at radius 2 is 1.80 bits per heavy atom. The van der Waals surface area contributed by atoms with Crippen LogP contribution in [0.3, 0.4) is 0 Å². The highest BCUT2D eigenvalue weighted by Crippen LogP contribution is 2.27. The molecule has 1 aromatic carbocycles. The summed E-state index contributed by atoms with van der Waals surface area (Å²) in [6, 6.07) is 7.66. The molecule has 0 aromatic heterocycles. The normalized spacial score (nSPS) is 11.5. The molecular formula is C12H14Cl2O. The molecular weight excluding hydrogens is 231 g/mol. The van der Waals surface area contributed by atoms with Gasteiger partial charge in [-0.2, -0.15) is 0 Å². The molecule has 0 bridgehead atoms. The Labute approximate surface area is 100 Å². The zero-order chi connectivity index (χ0) is 11.5. The van der Waals surface area contributed by atoms with E-state index in [9.17, 15) is 4.79 Å². The molecule has 3 heteroatoms. The Hall–Kier alpha value is -0.530. The highest BCUT2D eigenvalue weighted by Gasteiger charge is 2.21. The van der Waals surface area contributed by atoms with Gasteiger partial charge in [-0.25, -0.2) is 0 Å². The average molecular weight is 245 g/mol. The summed E-state index contributed by atoms with van der Waals surface area (Å²) in [4.78, 5) is 10.8. The fraction of sp³-hybridized carbons (Fsp3) is 0.417. The zero-order valence-electron chi connectivity index (χ0n) is 8.89. The summed E-state index contributed by atoms with van der Waals surface area (Å²) < 4.78 is 0. The third-order valence-electron chi connectivity index (χ3n) is 2.21. The van der Waals surface area contributed by atoms with Gasteiger partial charge in [0, 0.05) is 11.4 Å². The largest absolute Gasteiger partial charge is 0.281 e. The van der Waals surface area contributed by atoms with E-state index in [1.807, 2.05) is 38.1 Å². The van der Waals surface area contributed by atoms with E-state index in [2.05, 4.69) is 0 Å². The number of halogens is 2. The second-order valence-corrected chi connectivity index (χ2v) is 5.36. The third kappa shape index (κ3) is 4.67. The minimum absolute atomic E-state index is 0.105. The second kappa shape index (κ2) is 5.00. The Bertz CT molecular complexity index is 341. The smallest absolute Gasteiger partial charge is 0.222 e. The number of carbonyl (C=O) groups is 1. The van der Waals surface area contributed by atoms with Crippen LogP contribution in [0, 0.1) is 5.41 Å². The molecule has 0 unspecified atom stereocenters. The molecule has 0 radical (unpaired) electrons. The first kappa shape index (κ1) is 12.5. The van der Waals surface area contributed by atoms with Gasteiger partial charge in [0.15, 0.2) is 0 Å². The van der Waals surface area contributed by atoms with Gasteiger partial charge in [0.05, 0.1) is 0 Å². The van der Waals surface area contributed by atoms with Crippen molar-refractivity contribution >= 4 is 28.4 Å². The SMILES string of the molecule is CC(C)(CC(=O)Cl)Cc1ccc(Cl)cc1. The van der Waals surface area contributed by atoms with Crippen LogP contribution in [-0.4, -0.2) is 5.24 Å². The topological polar surface area (TPSA) is 17.1 Å². The van der Waals surface area contributed by atoms with Crippen molar-refractivity contribution in [3.63, 3.8) is 0 Å². The first-order chi connectivity index (χ1) is 6.89. The van der Waals surface area contributed by atoms with E-state index in [1.165, 1.54) is 5.56 Å². The highest BCUT2D eigenvalue weighted by molar-refractivity contribution is 6.63. The van der Waals surface area contributed by atoms with Crippen molar-refractivity contribution in [2.24, 2.45) is 5.41 Å². The Balaban J connectivity index is 2.68. The lowest BCUT2D eigenvalue weighted by atomic mass is 9.83. The predicted molar refractivity (Wildman–Crippen MR) is 64.4 cm³/mol. The average Bonchev–Trinajstić information content (AvgIpc) is 2.06. The summed E-state index contributed by atoms with van der Waals surface area (Å²) in [6.07, 6.45) is 1.21. The van der Waals surface area contributed by atoms with Crippen LogP contribution in [0.15, 0.2) is 24.3 Å². The summed E-state index contributed by atoms with van der Waals surface area (Å²) in [5.74, 6) is 0. The maximum Gasteiger partial charge on any atom is 0.222 e. The molecule has 1 nitrogen and oxygen atoms in total. The molecule has 0 saturated heterocycles. The molecule has 0 fully saturated rings. The molecule has 1 aromatic rings. The summed E-state index contributed by atoms with van der Waals surface area (Å²) in [7, 11) is 0.